The van der Waals surface area contributed by atoms with Crippen molar-refractivity contribution in [1.82, 2.24) is 4.90 Å². The SMILES string of the molecule is CN1CCCCC1COc1cccc(CNc2ccc(Cl)cc2C(=O)Nc2ccc(C(=N)N)cc2)c1OCC(=O)O. The molecule has 6 N–H and O–H groups in total. The number of benzene rings is 3. The number of nitrogens with one attached hydrogen (secondary N) is 3. The summed E-state index contributed by atoms with van der Waals surface area (Å²) in [5.74, 6) is -0.744. The highest BCUT2D eigenvalue weighted by atomic mass is 35.5. The predicted molar refractivity (Wildman–Crippen MR) is 160 cm³/mol. The summed E-state index contributed by atoms with van der Waals surface area (Å²) in [7, 11) is 2.08. The summed E-state index contributed by atoms with van der Waals surface area (Å²) in [6, 6.07) is 17.2. The lowest BCUT2D eigenvalue weighted by atomic mass is 10.0. The number of hydrogen-bond acceptors (Lipinski definition) is 7. The molecule has 1 heterocycles. The minimum absolute atomic E-state index is 0.0632. The molecule has 0 aliphatic carbocycles. The van der Waals surface area contributed by atoms with Crippen molar-refractivity contribution in [2.75, 3.05) is 37.4 Å². The summed E-state index contributed by atoms with van der Waals surface area (Å²) < 4.78 is 11.8. The zero-order valence-corrected chi connectivity index (χ0v) is 23.5. The summed E-state index contributed by atoms with van der Waals surface area (Å²) in [6.07, 6.45) is 3.34. The normalized spacial score (nSPS) is 15.1. The maximum absolute atomic E-state index is 13.2. The molecule has 0 bridgehead atoms. The number of carboxylic acids is 1. The summed E-state index contributed by atoms with van der Waals surface area (Å²) >= 11 is 6.22. The van der Waals surface area contributed by atoms with Gasteiger partial charge in [0.05, 0.1) is 5.56 Å². The summed E-state index contributed by atoms with van der Waals surface area (Å²) in [5.41, 5.74) is 8.09. The van der Waals surface area contributed by atoms with E-state index in [2.05, 4.69) is 22.6 Å². The van der Waals surface area contributed by atoms with Crippen LogP contribution in [0.1, 0.15) is 40.7 Å². The number of amides is 1. The molecule has 3 aromatic carbocycles. The molecule has 216 valence electrons. The van der Waals surface area contributed by atoms with E-state index in [1.807, 2.05) is 12.1 Å². The van der Waals surface area contributed by atoms with E-state index < -0.39 is 12.6 Å². The van der Waals surface area contributed by atoms with Crippen molar-refractivity contribution in [1.29, 1.82) is 5.41 Å². The van der Waals surface area contributed by atoms with Crippen molar-refractivity contribution in [3.05, 3.63) is 82.4 Å². The van der Waals surface area contributed by atoms with Crippen LogP contribution in [0.2, 0.25) is 5.02 Å². The van der Waals surface area contributed by atoms with Crippen molar-refractivity contribution >= 4 is 40.7 Å². The third-order valence-electron chi connectivity index (χ3n) is 6.90. The highest BCUT2D eigenvalue weighted by Gasteiger charge is 2.21. The van der Waals surface area contributed by atoms with E-state index in [1.165, 1.54) is 0 Å². The number of para-hydroxylation sites is 1. The van der Waals surface area contributed by atoms with Crippen molar-refractivity contribution in [2.24, 2.45) is 5.73 Å². The maximum atomic E-state index is 13.2. The lowest BCUT2D eigenvalue weighted by molar-refractivity contribution is -0.139. The van der Waals surface area contributed by atoms with Crippen LogP contribution in [0.15, 0.2) is 60.7 Å². The zero-order chi connectivity index (χ0) is 29.4. The number of carbonyl (C=O) groups excluding carboxylic acids is 1. The molecule has 11 heteroatoms. The van der Waals surface area contributed by atoms with E-state index in [4.69, 9.17) is 32.2 Å². The Kier molecular flexibility index (Phi) is 10.0. The minimum Gasteiger partial charge on any atom is -0.488 e. The Morgan fingerprint density at radius 2 is 1.90 bits per heavy atom. The van der Waals surface area contributed by atoms with Gasteiger partial charge in [0.25, 0.3) is 5.91 Å². The van der Waals surface area contributed by atoms with Crippen LogP contribution in [0.25, 0.3) is 0 Å². The Labute approximate surface area is 243 Å². The van der Waals surface area contributed by atoms with E-state index in [9.17, 15) is 14.7 Å². The van der Waals surface area contributed by atoms with Crippen LogP contribution in [0.3, 0.4) is 0 Å². The molecule has 0 aromatic heterocycles. The summed E-state index contributed by atoms with van der Waals surface area (Å²) in [6.45, 7) is 1.19. The summed E-state index contributed by atoms with van der Waals surface area (Å²) in [4.78, 5) is 26.8. The Hall–Kier alpha value is -4.28. The van der Waals surface area contributed by atoms with Gasteiger partial charge in [-0.15, -0.1) is 0 Å². The molecular formula is C30H34ClN5O5. The molecule has 3 aromatic rings. The quantitative estimate of drug-likeness (QED) is 0.151. The molecule has 1 atom stereocenters. The van der Waals surface area contributed by atoms with Crippen LogP contribution >= 0.6 is 11.6 Å². The van der Waals surface area contributed by atoms with Crippen LogP contribution in [0.4, 0.5) is 11.4 Å². The number of piperidine rings is 1. The molecule has 1 saturated heterocycles. The Morgan fingerprint density at radius 3 is 2.61 bits per heavy atom. The van der Waals surface area contributed by atoms with Gasteiger partial charge >= 0.3 is 5.97 Å². The smallest absolute Gasteiger partial charge is 0.341 e. The fourth-order valence-corrected chi connectivity index (χ4v) is 4.81. The van der Waals surface area contributed by atoms with Crippen LogP contribution < -0.4 is 25.8 Å². The molecule has 1 aliphatic rings. The number of likely N-dealkylation sites (tertiary alicyclic amines) is 1. The number of nitrogens with zero attached hydrogens (tertiary/aromatic N) is 1. The molecule has 1 aliphatic heterocycles. The zero-order valence-electron chi connectivity index (χ0n) is 22.8. The average Bonchev–Trinajstić information content (AvgIpc) is 2.95. The fraction of sp³-hybridized carbons (Fsp3) is 0.300. The van der Waals surface area contributed by atoms with Gasteiger partial charge in [-0.2, -0.15) is 0 Å². The van der Waals surface area contributed by atoms with Gasteiger partial charge in [-0.25, -0.2) is 4.79 Å². The number of rotatable bonds is 12. The molecule has 41 heavy (non-hydrogen) atoms. The Balaban J connectivity index is 1.52. The predicted octanol–water partition coefficient (Wildman–Crippen LogP) is 4.81. The number of nitrogens with two attached hydrogens (primary N) is 1. The third-order valence-corrected chi connectivity index (χ3v) is 7.14. The lowest BCUT2D eigenvalue weighted by Crippen LogP contribution is -2.40. The first-order valence-corrected chi connectivity index (χ1v) is 13.7. The highest BCUT2D eigenvalue weighted by molar-refractivity contribution is 6.31. The molecule has 4 rings (SSSR count). The van der Waals surface area contributed by atoms with Gasteiger partial charge in [-0.1, -0.05) is 30.2 Å². The first-order valence-electron chi connectivity index (χ1n) is 13.3. The molecule has 1 unspecified atom stereocenters. The second-order valence-corrected chi connectivity index (χ2v) is 10.3. The van der Waals surface area contributed by atoms with Gasteiger partial charge in [-0.05, 0) is 75.0 Å². The monoisotopic (exact) mass is 579 g/mol. The summed E-state index contributed by atoms with van der Waals surface area (Å²) in [5, 5.41) is 23.3. The average molecular weight is 580 g/mol. The van der Waals surface area contributed by atoms with Crippen molar-refractivity contribution in [3.8, 4) is 11.5 Å². The number of likely N-dealkylation sites (N-methyl/N-ethyl adjacent to an activating group) is 1. The first kappa shape index (κ1) is 29.7. The number of anilines is 2. The van der Waals surface area contributed by atoms with Crippen molar-refractivity contribution in [2.45, 2.75) is 31.8 Å². The molecule has 1 fully saturated rings. The first-order chi connectivity index (χ1) is 19.7. The molecule has 0 spiro atoms. The highest BCUT2D eigenvalue weighted by Crippen LogP contribution is 2.33. The number of carboxylic acid groups (broad SMARTS) is 1. The van der Waals surface area contributed by atoms with E-state index in [0.29, 0.717) is 51.2 Å². The van der Waals surface area contributed by atoms with Crippen LogP contribution in [0, 0.1) is 5.41 Å². The molecule has 10 nitrogen and oxygen atoms in total. The number of amidine groups is 1. The minimum atomic E-state index is -1.10. The Morgan fingerprint density at radius 1 is 1.12 bits per heavy atom. The van der Waals surface area contributed by atoms with Crippen molar-refractivity contribution < 1.29 is 24.2 Å². The molecule has 1 amide bonds. The number of ether oxygens (including phenoxy) is 2. The van der Waals surface area contributed by atoms with Crippen LogP contribution in [-0.4, -0.2) is 60.6 Å². The molecule has 0 radical (unpaired) electrons. The number of aliphatic carboxylic acids is 1. The van der Waals surface area contributed by atoms with Gasteiger partial charge in [0.1, 0.15) is 12.4 Å². The topological polar surface area (TPSA) is 150 Å². The second-order valence-electron chi connectivity index (χ2n) is 9.86. The Bertz CT molecular complexity index is 1400. The van der Waals surface area contributed by atoms with Gasteiger partial charge in [0, 0.05) is 40.1 Å². The maximum Gasteiger partial charge on any atom is 0.341 e. The van der Waals surface area contributed by atoms with Crippen molar-refractivity contribution in [3.63, 3.8) is 0 Å². The van der Waals surface area contributed by atoms with E-state index >= 15 is 0 Å². The van der Waals surface area contributed by atoms with E-state index in [1.54, 1.807) is 48.5 Å². The van der Waals surface area contributed by atoms with Gasteiger partial charge in [0.2, 0.25) is 0 Å². The number of halogens is 1. The second kappa shape index (κ2) is 13.9. The van der Waals surface area contributed by atoms with E-state index in [0.717, 1.165) is 25.8 Å². The molecule has 0 saturated carbocycles. The molecular weight excluding hydrogens is 546 g/mol. The van der Waals surface area contributed by atoms with Crippen LogP contribution in [-0.2, 0) is 11.3 Å². The van der Waals surface area contributed by atoms with Crippen LogP contribution in [0.5, 0.6) is 11.5 Å². The van der Waals surface area contributed by atoms with E-state index in [-0.39, 0.29) is 24.3 Å². The van der Waals surface area contributed by atoms with Gasteiger partial charge in [0.15, 0.2) is 18.1 Å². The van der Waals surface area contributed by atoms with Gasteiger partial charge in [-0.3, -0.25) is 10.2 Å². The number of hydrogen-bond donors (Lipinski definition) is 5. The largest absolute Gasteiger partial charge is 0.488 e. The lowest BCUT2D eigenvalue weighted by Gasteiger charge is -2.32. The standard InChI is InChI=1S/C30H34ClN5O5/c1-36-14-3-2-6-23(36)17-40-26-7-4-5-20(28(26)41-18-27(37)38)16-34-25-13-10-21(31)15-24(25)30(39)35-22-11-8-19(9-12-22)29(32)33/h4-5,7-13,15,23,34H,2-3,6,14,16-18H2,1H3,(H3,32,33)(H,35,39)(H,37,38). The number of carbonyl (C=O) groups is 2. The third kappa shape index (κ3) is 8.12. The number of nitrogen functional groups attached to an aromatic ring is 1. The van der Waals surface area contributed by atoms with Gasteiger partial charge < -0.3 is 35.8 Å². The fourth-order valence-electron chi connectivity index (χ4n) is 4.63.